The van der Waals surface area contributed by atoms with E-state index in [0.29, 0.717) is 0 Å². The van der Waals surface area contributed by atoms with Crippen molar-refractivity contribution < 1.29 is 18.0 Å². The molecule has 0 saturated heterocycles. The molecule has 2 nitrogen and oxygen atoms in total. The Hall–Kier alpha value is -1.30. The van der Waals surface area contributed by atoms with Gasteiger partial charge in [0.15, 0.2) is 12.0 Å². The van der Waals surface area contributed by atoms with Gasteiger partial charge in [-0.25, -0.2) is 4.98 Å². The zero-order chi connectivity index (χ0) is 15.8. The summed E-state index contributed by atoms with van der Waals surface area (Å²) in [5.41, 5.74) is -1.84. The molecule has 2 rings (SSSR count). The lowest BCUT2D eigenvalue weighted by Gasteiger charge is -2.12. The summed E-state index contributed by atoms with van der Waals surface area (Å²) in [6.45, 7) is 0. The maximum atomic E-state index is 12.9. The number of aldehydes is 1. The first-order valence-corrected chi connectivity index (χ1v) is 6.55. The summed E-state index contributed by atoms with van der Waals surface area (Å²) >= 11 is 17.6. The number of hydrogen-bond acceptors (Lipinski definition) is 2. The van der Waals surface area contributed by atoms with E-state index >= 15 is 0 Å². The molecule has 1 aromatic carbocycles. The van der Waals surface area contributed by atoms with Crippen molar-refractivity contribution in [1.82, 2.24) is 4.98 Å². The molecule has 0 unspecified atom stereocenters. The minimum atomic E-state index is -4.77. The van der Waals surface area contributed by atoms with E-state index in [0.717, 1.165) is 6.07 Å². The van der Waals surface area contributed by atoms with Crippen molar-refractivity contribution in [3.63, 3.8) is 0 Å². The van der Waals surface area contributed by atoms with E-state index in [9.17, 15) is 18.0 Å². The molecule has 0 N–H and O–H groups in total. The maximum Gasteiger partial charge on any atom is 0.434 e. The highest BCUT2D eigenvalue weighted by atomic mass is 35.5. The second kappa shape index (κ2) is 5.83. The molecule has 1 aromatic heterocycles. The van der Waals surface area contributed by atoms with Gasteiger partial charge in [-0.2, -0.15) is 13.2 Å². The van der Waals surface area contributed by atoms with Gasteiger partial charge in [0.2, 0.25) is 0 Å². The molecular formula is C13H5Cl3F3NO. The van der Waals surface area contributed by atoms with Crippen molar-refractivity contribution in [2.75, 3.05) is 0 Å². The first-order valence-electron chi connectivity index (χ1n) is 5.42. The fraction of sp³-hybridized carbons (Fsp3) is 0.0769. The molecular weight excluding hydrogens is 350 g/mol. The second-order valence-corrected chi connectivity index (χ2v) is 5.25. The van der Waals surface area contributed by atoms with Crippen LogP contribution in [-0.2, 0) is 6.18 Å². The summed E-state index contributed by atoms with van der Waals surface area (Å²) in [6, 6.07) is 4.93. The molecule has 0 bridgehead atoms. The van der Waals surface area contributed by atoms with Crippen LogP contribution >= 0.6 is 34.8 Å². The third kappa shape index (κ3) is 3.31. The number of rotatable bonds is 2. The number of nitrogens with zero attached hydrogens (tertiary/aromatic N) is 1. The van der Waals surface area contributed by atoms with E-state index in [1.807, 2.05) is 0 Å². The van der Waals surface area contributed by atoms with Gasteiger partial charge >= 0.3 is 6.18 Å². The molecule has 2 aromatic rings. The summed E-state index contributed by atoms with van der Waals surface area (Å²) in [7, 11) is 0. The monoisotopic (exact) mass is 353 g/mol. The van der Waals surface area contributed by atoms with Gasteiger partial charge in [-0.3, -0.25) is 4.79 Å². The Balaban J connectivity index is 2.70. The van der Waals surface area contributed by atoms with E-state index < -0.39 is 17.4 Å². The number of aromatic nitrogens is 1. The van der Waals surface area contributed by atoms with Crippen molar-refractivity contribution in [3.8, 4) is 11.3 Å². The van der Waals surface area contributed by atoms with Crippen molar-refractivity contribution >= 4 is 41.1 Å². The second-order valence-electron chi connectivity index (χ2n) is 3.99. The van der Waals surface area contributed by atoms with Gasteiger partial charge in [-0.15, -0.1) is 0 Å². The van der Waals surface area contributed by atoms with Crippen LogP contribution in [0.3, 0.4) is 0 Å². The Kier molecular flexibility index (Phi) is 4.46. The fourth-order valence-corrected chi connectivity index (χ4v) is 2.73. The highest BCUT2D eigenvalue weighted by molar-refractivity contribution is 6.41. The summed E-state index contributed by atoms with van der Waals surface area (Å²) in [5, 5.41) is 0.369. The average molecular weight is 355 g/mol. The predicted molar refractivity (Wildman–Crippen MR) is 75.1 cm³/mol. The van der Waals surface area contributed by atoms with Crippen LogP contribution in [0.25, 0.3) is 11.3 Å². The lowest BCUT2D eigenvalue weighted by molar-refractivity contribution is -0.141. The fourth-order valence-electron chi connectivity index (χ4n) is 1.72. The molecule has 8 heteroatoms. The van der Waals surface area contributed by atoms with Gasteiger partial charge in [0.25, 0.3) is 0 Å². The molecule has 0 fully saturated rings. The Labute approximate surface area is 132 Å². The molecule has 0 radical (unpaired) electrons. The summed E-state index contributed by atoms with van der Waals surface area (Å²) < 4.78 is 38.7. The van der Waals surface area contributed by atoms with E-state index in [2.05, 4.69) is 4.98 Å². The summed E-state index contributed by atoms with van der Waals surface area (Å²) in [6.07, 6.45) is -4.68. The Morgan fingerprint density at radius 1 is 1.05 bits per heavy atom. The number of pyridine rings is 1. The molecule has 0 amide bonds. The Bertz CT molecular complexity index is 693. The number of hydrogen-bond donors (Lipinski definition) is 0. The van der Waals surface area contributed by atoms with Crippen molar-refractivity contribution in [3.05, 3.63) is 50.6 Å². The molecule has 0 saturated carbocycles. The topological polar surface area (TPSA) is 30.0 Å². The maximum absolute atomic E-state index is 12.9. The Morgan fingerprint density at radius 3 is 2.10 bits per heavy atom. The van der Waals surface area contributed by atoms with E-state index in [1.165, 1.54) is 18.2 Å². The van der Waals surface area contributed by atoms with Crippen LogP contribution in [0.1, 0.15) is 16.1 Å². The van der Waals surface area contributed by atoms with Crippen LogP contribution < -0.4 is 0 Å². The highest BCUT2D eigenvalue weighted by Gasteiger charge is 2.36. The van der Waals surface area contributed by atoms with Crippen LogP contribution in [0.5, 0.6) is 0 Å². The number of carbonyl (C=O) groups excluding carboxylic acids is 1. The largest absolute Gasteiger partial charge is 0.434 e. The lowest BCUT2D eigenvalue weighted by Crippen LogP contribution is -2.12. The van der Waals surface area contributed by atoms with Crippen LogP contribution in [-0.4, -0.2) is 11.3 Å². The van der Waals surface area contributed by atoms with Gasteiger partial charge in [0.05, 0.1) is 15.7 Å². The third-order valence-electron chi connectivity index (χ3n) is 2.58. The van der Waals surface area contributed by atoms with Gasteiger partial charge in [-0.1, -0.05) is 34.8 Å². The van der Waals surface area contributed by atoms with Crippen molar-refractivity contribution in [2.45, 2.75) is 6.18 Å². The number of carbonyl (C=O) groups is 1. The van der Waals surface area contributed by atoms with E-state index in [1.54, 1.807) is 0 Å². The molecule has 21 heavy (non-hydrogen) atoms. The van der Waals surface area contributed by atoms with Gasteiger partial charge in [0.1, 0.15) is 0 Å². The third-order valence-corrected chi connectivity index (χ3v) is 3.40. The average Bonchev–Trinajstić information content (AvgIpc) is 2.36. The Morgan fingerprint density at radius 2 is 1.62 bits per heavy atom. The molecule has 0 atom stereocenters. The molecule has 1 heterocycles. The van der Waals surface area contributed by atoms with Gasteiger partial charge < -0.3 is 0 Å². The van der Waals surface area contributed by atoms with Crippen molar-refractivity contribution in [2.24, 2.45) is 0 Å². The van der Waals surface area contributed by atoms with Crippen LogP contribution in [0.15, 0.2) is 24.3 Å². The predicted octanol–water partition coefficient (Wildman–Crippen LogP) is 5.54. The standard InChI is InChI=1S/C13H5Cl3F3NO/c14-7-3-8(15)11(9(16)4-7)10-2-1-6(5-21)12(20-10)13(17,18)19/h1-5H. The normalized spacial score (nSPS) is 11.5. The lowest BCUT2D eigenvalue weighted by atomic mass is 10.1. The molecule has 0 aliphatic carbocycles. The van der Waals surface area contributed by atoms with Gasteiger partial charge in [-0.05, 0) is 24.3 Å². The highest BCUT2D eigenvalue weighted by Crippen LogP contribution is 2.38. The summed E-state index contributed by atoms with van der Waals surface area (Å²) in [4.78, 5) is 14.2. The van der Waals surface area contributed by atoms with Crippen LogP contribution in [0.2, 0.25) is 15.1 Å². The van der Waals surface area contributed by atoms with E-state index in [4.69, 9.17) is 34.8 Å². The minimum absolute atomic E-state index is 0.0620. The molecule has 0 aliphatic heterocycles. The quantitative estimate of drug-likeness (QED) is 0.663. The summed E-state index contributed by atoms with van der Waals surface area (Å²) in [5.74, 6) is 0. The van der Waals surface area contributed by atoms with Crippen LogP contribution in [0.4, 0.5) is 13.2 Å². The minimum Gasteiger partial charge on any atom is -0.298 e. The smallest absolute Gasteiger partial charge is 0.298 e. The van der Waals surface area contributed by atoms with Gasteiger partial charge in [0, 0.05) is 16.1 Å². The van der Waals surface area contributed by atoms with Crippen LogP contribution in [0, 0.1) is 0 Å². The number of halogens is 6. The molecule has 110 valence electrons. The first-order chi connectivity index (χ1) is 9.74. The number of alkyl halides is 3. The van der Waals surface area contributed by atoms with E-state index in [-0.39, 0.29) is 32.6 Å². The molecule has 0 aliphatic rings. The first kappa shape index (κ1) is 16.1. The molecule has 0 spiro atoms. The zero-order valence-corrected chi connectivity index (χ0v) is 12.3. The SMILES string of the molecule is O=Cc1ccc(-c2c(Cl)cc(Cl)cc2Cl)nc1C(F)(F)F. The number of benzene rings is 1. The van der Waals surface area contributed by atoms with Crippen molar-refractivity contribution in [1.29, 1.82) is 0 Å². The zero-order valence-electron chi connectivity index (χ0n) is 10.0.